The van der Waals surface area contributed by atoms with Crippen LogP contribution in [0.5, 0.6) is 0 Å². The van der Waals surface area contributed by atoms with Gasteiger partial charge in [-0.05, 0) is 30.2 Å². The molecule has 3 N–H and O–H groups in total. The second-order valence-corrected chi connectivity index (χ2v) is 6.19. The van der Waals surface area contributed by atoms with E-state index in [1.54, 1.807) is 31.3 Å². The van der Waals surface area contributed by atoms with Crippen LogP contribution in [0.15, 0.2) is 48.5 Å². The normalized spacial score (nSPS) is 11.6. The van der Waals surface area contributed by atoms with Gasteiger partial charge in [-0.25, -0.2) is 0 Å². The number of amides is 2. The van der Waals surface area contributed by atoms with Crippen LogP contribution in [-0.4, -0.2) is 32.5 Å². The van der Waals surface area contributed by atoms with Gasteiger partial charge in [-0.15, -0.1) is 0 Å². The quantitative estimate of drug-likeness (QED) is 0.711. The molecule has 0 saturated heterocycles. The summed E-state index contributed by atoms with van der Waals surface area (Å²) < 4.78 is 0. The van der Waals surface area contributed by atoms with Crippen molar-refractivity contribution in [1.82, 2.24) is 5.32 Å². The minimum Gasteiger partial charge on any atom is -0.355 e. The van der Waals surface area contributed by atoms with Crippen LogP contribution in [0.4, 0.5) is 5.69 Å². The number of hydrogen-bond donors (Lipinski definition) is 3. The molecule has 132 valence electrons. The summed E-state index contributed by atoms with van der Waals surface area (Å²) in [7, 11) is 3.58. The fourth-order valence-electron chi connectivity index (χ4n) is 2.67. The van der Waals surface area contributed by atoms with Gasteiger partial charge in [0.05, 0.1) is 7.05 Å². The average Bonchev–Trinajstić information content (AvgIpc) is 2.61. The van der Waals surface area contributed by atoms with E-state index in [0.29, 0.717) is 17.8 Å². The summed E-state index contributed by atoms with van der Waals surface area (Å²) in [6.45, 7) is 3.28. The van der Waals surface area contributed by atoms with Crippen LogP contribution in [0.25, 0.3) is 0 Å². The number of anilines is 1. The van der Waals surface area contributed by atoms with Gasteiger partial charge < -0.3 is 15.5 Å². The molecule has 1 unspecified atom stereocenters. The van der Waals surface area contributed by atoms with Crippen molar-refractivity contribution >= 4 is 17.5 Å². The van der Waals surface area contributed by atoms with Crippen LogP contribution < -0.4 is 15.5 Å². The first-order valence-electron chi connectivity index (χ1n) is 8.53. The Morgan fingerprint density at radius 1 is 1.04 bits per heavy atom. The minimum absolute atomic E-state index is 0.0725. The Morgan fingerprint density at radius 2 is 1.72 bits per heavy atom. The highest BCUT2D eigenvalue weighted by Gasteiger charge is 2.12. The van der Waals surface area contributed by atoms with Crippen LogP contribution >= 0.6 is 0 Å². The number of carbonyl (C=O) groups is 2. The zero-order valence-corrected chi connectivity index (χ0v) is 15.1. The van der Waals surface area contributed by atoms with Gasteiger partial charge in [0.1, 0.15) is 6.54 Å². The van der Waals surface area contributed by atoms with E-state index in [0.717, 1.165) is 17.9 Å². The molecular weight excluding hydrogens is 314 g/mol. The highest BCUT2D eigenvalue weighted by molar-refractivity contribution is 5.97. The number of hydrogen-bond acceptors (Lipinski definition) is 2. The maximum absolute atomic E-state index is 12.2. The fraction of sp³-hybridized carbons (Fsp3) is 0.300. The van der Waals surface area contributed by atoms with E-state index in [9.17, 15) is 9.59 Å². The zero-order valence-electron chi connectivity index (χ0n) is 15.1. The standard InChI is InChI=1S/C20H25N3O2/c1-4-15-8-10-16(11-9-15)13-23(3)14-19(24)22-18-7-5-6-17(12-18)20(25)21-2/h5-12H,4,13-14H2,1-3H3,(H,21,25)(H,22,24)/p+1. The third kappa shape index (κ3) is 5.72. The predicted molar refractivity (Wildman–Crippen MR) is 99.7 cm³/mol. The molecule has 0 saturated carbocycles. The van der Waals surface area contributed by atoms with Gasteiger partial charge in [-0.3, -0.25) is 9.59 Å². The molecule has 1 atom stereocenters. The van der Waals surface area contributed by atoms with Crippen LogP contribution in [-0.2, 0) is 17.8 Å². The number of carbonyl (C=O) groups excluding carboxylic acids is 2. The lowest BCUT2D eigenvalue weighted by molar-refractivity contribution is -0.885. The number of rotatable bonds is 7. The van der Waals surface area contributed by atoms with Gasteiger partial charge in [-0.2, -0.15) is 0 Å². The number of nitrogens with one attached hydrogen (secondary N) is 3. The van der Waals surface area contributed by atoms with Crippen molar-refractivity contribution in [1.29, 1.82) is 0 Å². The van der Waals surface area contributed by atoms with Crippen molar-refractivity contribution in [2.45, 2.75) is 19.9 Å². The van der Waals surface area contributed by atoms with Crippen molar-refractivity contribution < 1.29 is 14.5 Å². The number of aryl methyl sites for hydroxylation is 1. The molecule has 0 aliphatic heterocycles. The van der Waals surface area contributed by atoms with Crippen LogP contribution in [0, 0.1) is 0 Å². The van der Waals surface area contributed by atoms with Gasteiger partial charge in [0.25, 0.3) is 11.8 Å². The predicted octanol–water partition coefficient (Wildman–Crippen LogP) is 1.26. The average molecular weight is 340 g/mol. The Morgan fingerprint density at radius 3 is 2.36 bits per heavy atom. The van der Waals surface area contributed by atoms with Gasteiger partial charge in [0.15, 0.2) is 6.54 Å². The largest absolute Gasteiger partial charge is 0.355 e. The summed E-state index contributed by atoms with van der Waals surface area (Å²) in [4.78, 5) is 25.0. The Kier molecular flexibility index (Phi) is 6.71. The van der Waals surface area contributed by atoms with Crippen LogP contribution in [0.1, 0.15) is 28.4 Å². The van der Waals surface area contributed by atoms with Crippen molar-refractivity contribution in [3.05, 3.63) is 65.2 Å². The monoisotopic (exact) mass is 340 g/mol. The van der Waals surface area contributed by atoms with Gasteiger partial charge in [-0.1, -0.05) is 37.3 Å². The first-order chi connectivity index (χ1) is 12.0. The highest BCUT2D eigenvalue weighted by Crippen LogP contribution is 2.10. The molecule has 0 bridgehead atoms. The molecule has 2 aromatic rings. The lowest BCUT2D eigenvalue weighted by Crippen LogP contribution is -3.08. The van der Waals surface area contributed by atoms with E-state index < -0.39 is 0 Å². The summed E-state index contributed by atoms with van der Waals surface area (Å²) >= 11 is 0. The molecule has 2 rings (SSSR count). The minimum atomic E-state index is -0.172. The highest BCUT2D eigenvalue weighted by atomic mass is 16.2. The van der Waals surface area contributed by atoms with E-state index in [1.165, 1.54) is 11.1 Å². The van der Waals surface area contributed by atoms with E-state index >= 15 is 0 Å². The van der Waals surface area contributed by atoms with E-state index in [-0.39, 0.29) is 11.8 Å². The second-order valence-electron chi connectivity index (χ2n) is 6.19. The van der Waals surface area contributed by atoms with E-state index in [1.807, 2.05) is 7.05 Å². The van der Waals surface area contributed by atoms with Crippen molar-refractivity contribution in [2.24, 2.45) is 0 Å². The molecule has 5 heteroatoms. The fourth-order valence-corrected chi connectivity index (χ4v) is 2.67. The smallest absolute Gasteiger partial charge is 0.279 e. The SMILES string of the molecule is CCc1ccc(C[NH+](C)CC(=O)Nc2cccc(C(=O)NC)c2)cc1. The number of likely N-dealkylation sites (N-methyl/N-ethyl adjacent to an activating group) is 1. The van der Waals surface area contributed by atoms with Gasteiger partial charge >= 0.3 is 0 Å². The van der Waals surface area contributed by atoms with Gasteiger partial charge in [0.2, 0.25) is 0 Å². The maximum Gasteiger partial charge on any atom is 0.279 e. The van der Waals surface area contributed by atoms with Crippen molar-refractivity contribution in [3.63, 3.8) is 0 Å². The summed E-state index contributed by atoms with van der Waals surface area (Å²) in [6.07, 6.45) is 1.03. The Hall–Kier alpha value is -2.66. The third-order valence-corrected chi connectivity index (χ3v) is 4.04. The summed E-state index contributed by atoms with van der Waals surface area (Å²) in [5.41, 5.74) is 3.68. The molecule has 0 aromatic heterocycles. The zero-order chi connectivity index (χ0) is 18.2. The second kappa shape index (κ2) is 8.99. The molecule has 0 fully saturated rings. The summed E-state index contributed by atoms with van der Waals surface area (Å²) in [5, 5.41) is 5.43. The Labute approximate surface area is 149 Å². The van der Waals surface area contributed by atoms with Crippen LogP contribution in [0.3, 0.4) is 0 Å². The van der Waals surface area contributed by atoms with Crippen molar-refractivity contribution in [2.75, 3.05) is 26.0 Å². The molecule has 0 radical (unpaired) electrons. The van der Waals surface area contributed by atoms with Gasteiger partial charge in [0, 0.05) is 23.9 Å². The first kappa shape index (κ1) is 18.7. The number of quaternary nitrogens is 1. The Balaban J connectivity index is 1.89. The molecule has 2 amide bonds. The molecular formula is C20H26N3O2+. The molecule has 0 aliphatic carbocycles. The summed E-state index contributed by atoms with van der Waals surface area (Å²) in [6, 6.07) is 15.4. The Bertz CT molecular complexity index is 726. The molecule has 25 heavy (non-hydrogen) atoms. The first-order valence-corrected chi connectivity index (χ1v) is 8.53. The van der Waals surface area contributed by atoms with E-state index in [2.05, 4.69) is 41.8 Å². The topological polar surface area (TPSA) is 62.6 Å². The molecule has 0 heterocycles. The molecule has 0 aliphatic rings. The third-order valence-electron chi connectivity index (χ3n) is 4.04. The molecule has 0 spiro atoms. The van der Waals surface area contributed by atoms with E-state index in [4.69, 9.17) is 0 Å². The van der Waals surface area contributed by atoms with Crippen LogP contribution in [0.2, 0.25) is 0 Å². The lowest BCUT2D eigenvalue weighted by Gasteiger charge is -2.14. The number of benzene rings is 2. The molecule has 2 aromatic carbocycles. The molecule has 5 nitrogen and oxygen atoms in total. The van der Waals surface area contributed by atoms with Crippen molar-refractivity contribution in [3.8, 4) is 0 Å². The lowest BCUT2D eigenvalue weighted by atomic mass is 10.1. The maximum atomic E-state index is 12.2. The summed E-state index contributed by atoms with van der Waals surface area (Å²) in [5.74, 6) is -0.244.